The molecule has 13 heteroatoms. The normalized spacial score (nSPS) is 19.9. The summed E-state index contributed by atoms with van der Waals surface area (Å²) in [6, 6.07) is 7.86. The molecule has 4 N–H and O–H groups in total. The van der Waals surface area contributed by atoms with Crippen molar-refractivity contribution in [2.45, 2.75) is 43.9 Å². The molecule has 0 spiro atoms. The molecule has 1 aliphatic carbocycles. The van der Waals surface area contributed by atoms with Crippen LogP contribution < -0.4 is 10.6 Å². The van der Waals surface area contributed by atoms with Crippen molar-refractivity contribution in [3.8, 4) is 0 Å². The first-order chi connectivity index (χ1) is 15.1. The SMILES string of the molecule is O=C(CCC1c2cccc(c2)C1CCNC(=O)ON1C(=O)CCC1=O)NCOP(=O)(O)O. The maximum atomic E-state index is 12.0. The minimum Gasteiger partial charge on any atom is -0.333 e. The summed E-state index contributed by atoms with van der Waals surface area (Å²) in [7, 11) is -4.65. The second kappa shape index (κ2) is 10.2. The van der Waals surface area contributed by atoms with E-state index in [4.69, 9.17) is 14.6 Å². The van der Waals surface area contributed by atoms with Gasteiger partial charge in [-0.2, -0.15) is 0 Å². The first kappa shape index (κ1) is 23.9. The summed E-state index contributed by atoms with van der Waals surface area (Å²) in [6.07, 6.45) is 0.298. The van der Waals surface area contributed by atoms with Crippen molar-refractivity contribution < 1.29 is 42.9 Å². The van der Waals surface area contributed by atoms with E-state index in [9.17, 15) is 23.7 Å². The molecule has 0 saturated carbocycles. The molecule has 0 aromatic heterocycles. The molecule has 2 unspecified atom stereocenters. The number of phosphoric acid groups is 1. The lowest BCUT2D eigenvalue weighted by Gasteiger charge is -2.21. The molecule has 1 aromatic carbocycles. The Bertz CT molecular complexity index is 932. The number of benzene rings is 1. The highest BCUT2D eigenvalue weighted by Crippen LogP contribution is 2.44. The molecule has 1 saturated heterocycles. The maximum Gasteiger partial charge on any atom is 0.471 e. The maximum absolute atomic E-state index is 12.0. The summed E-state index contributed by atoms with van der Waals surface area (Å²) in [5, 5.41) is 5.31. The van der Waals surface area contributed by atoms with Gasteiger partial charge in [-0.15, -0.1) is 5.06 Å². The number of hydrogen-bond acceptors (Lipinski definition) is 7. The number of carbonyl (C=O) groups excluding carboxylic acids is 4. The lowest BCUT2D eigenvalue weighted by Crippen LogP contribution is -2.37. The molecule has 1 fully saturated rings. The van der Waals surface area contributed by atoms with Gasteiger partial charge in [-0.1, -0.05) is 24.3 Å². The average molecular weight is 469 g/mol. The van der Waals surface area contributed by atoms with Crippen LogP contribution in [-0.2, 0) is 28.3 Å². The van der Waals surface area contributed by atoms with E-state index in [0.29, 0.717) is 17.9 Å². The number of carbonyl (C=O) groups is 4. The Balaban J connectivity index is 1.46. The molecule has 2 aliphatic rings. The van der Waals surface area contributed by atoms with Crippen molar-refractivity contribution in [2.24, 2.45) is 0 Å². The van der Waals surface area contributed by atoms with E-state index < -0.39 is 38.4 Å². The van der Waals surface area contributed by atoms with Crippen molar-refractivity contribution in [3.63, 3.8) is 0 Å². The molecule has 2 atom stereocenters. The smallest absolute Gasteiger partial charge is 0.333 e. The summed E-state index contributed by atoms with van der Waals surface area (Å²) in [5.41, 5.74) is 2.13. The highest BCUT2D eigenvalue weighted by Gasteiger charge is 2.34. The molecule has 2 bridgehead atoms. The Labute approximate surface area is 183 Å². The highest BCUT2D eigenvalue weighted by atomic mass is 31.2. The molecular weight excluding hydrogens is 445 g/mol. The Morgan fingerprint density at radius 1 is 1.06 bits per heavy atom. The van der Waals surface area contributed by atoms with E-state index in [1.165, 1.54) is 0 Å². The monoisotopic (exact) mass is 469 g/mol. The largest absolute Gasteiger partial charge is 0.471 e. The molecule has 0 radical (unpaired) electrons. The molecule has 1 aromatic rings. The molecule has 1 aliphatic heterocycles. The van der Waals surface area contributed by atoms with Gasteiger partial charge in [-0.3, -0.25) is 18.9 Å². The van der Waals surface area contributed by atoms with Crippen molar-refractivity contribution in [1.29, 1.82) is 0 Å². The number of phosphoric ester groups is 1. The number of nitrogens with zero attached hydrogens (tertiary/aromatic N) is 1. The number of nitrogens with one attached hydrogen (secondary N) is 2. The predicted octanol–water partition coefficient (Wildman–Crippen LogP) is 1.01. The van der Waals surface area contributed by atoms with Crippen molar-refractivity contribution in [1.82, 2.24) is 15.7 Å². The van der Waals surface area contributed by atoms with E-state index in [1.807, 2.05) is 24.3 Å². The van der Waals surface area contributed by atoms with E-state index >= 15 is 0 Å². The van der Waals surface area contributed by atoms with Crippen LogP contribution in [-0.4, -0.2) is 51.9 Å². The van der Waals surface area contributed by atoms with E-state index in [1.54, 1.807) is 0 Å². The fourth-order valence-corrected chi connectivity index (χ4v) is 4.13. The van der Waals surface area contributed by atoms with Crippen LogP contribution in [0, 0.1) is 0 Å². The van der Waals surface area contributed by atoms with Gasteiger partial charge >= 0.3 is 13.9 Å². The van der Waals surface area contributed by atoms with Crippen LogP contribution in [0.5, 0.6) is 0 Å². The Hall–Kier alpha value is -2.79. The third-order valence-electron chi connectivity index (χ3n) is 5.34. The predicted molar refractivity (Wildman–Crippen MR) is 107 cm³/mol. The standard InChI is InChI=1S/C19H24N3O9P/c23-16(21-11-30-32(27,28)29)5-4-14-12-2-1-3-13(10-12)15(14)8-9-20-19(26)31-22-17(24)6-7-18(22)25/h1-3,10,14-15H,4-9,11H2,(H,20,26)(H,21,23)(H2,27,28,29). The Morgan fingerprint density at radius 2 is 1.69 bits per heavy atom. The van der Waals surface area contributed by atoms with Crippen molar-refractivity contribution in [3.05, 3.63) is 35.4 Å². The molecular formula is C19H24N3O9P. The van der Waals surface area contributed by atoms with Crippen LogP contribution >= 0.6 is 7.82 Å². The van der Waals surface area contributed by atoms with Gasteiger partial charge in [0.25, 0.3) is 11.8 Å². The zero-order valence-corrected chi connectivity index (χ0v) is 18.0. The van der Waals surface area contributed by atoms with E-state index in [0.717, 1.165) is 11.1 Å². The minimum atomic E-state index is -4.65. The first-order valence-electron chi connectivity index (χ1n) is 10.0. The zero-order valence-electron chi connectivity index (χ0n) is 17.1. The Morgan fingerprint density at radius 3 is 2.31 bits per heavy atom. The summed E-state index contributed by atoms with van der Waals surface area (Å²) in [6.45, 7) is -0.351. The number of fused-ring (bicyclic) bond motifs is 2. The van der Waals surface area contributed by atoms with Crippen molar-refractivity contribution >= 4 is 31.6 Å². The van der Waals surface area contributed by atoms with Crippen molar-refractivity contribution in [2.75, 3.05) is 13.3 Å². The molecule has 1 heterocycles. The molecule has 3 rings (SSSR count). The second-order valence-electron chi connectivity index (χ2n) is 7.46. The van der Waals surface area contributed by atoms with E-state index in [2.05, 4.69) is 15.2 Å². The Kier molecular flexibility index (Phi) is 7.62. The summed E-state index contributed by atoms with van der Waals surface area (Å²) < 4.78 is 14.9. The van der Waals surface area contributed by atoms with Gasteiger partial charge in [0.05, 0.1) is 0 Å². The molecule has 32 heavy (non-hydrogen) atoms. The number of imide groups is 1. The van der Waals surface area contributed by atoms with Gasteiger partial charge in [0.15, 0.2) is 0 Å². The lowest BCUT2D eigenvalue weighted by atomic mass is 9.85. The van der Waals surface area contributed by atoms with Gasteiger partial charge in [0, 0.05) is 25.8 Å². The van der Waals surface area contributed by atoms with Crippen LogP contribution in [0.2, 0.25) is 0 Å². The van der Waals surface area contributed by atoms with Gasteiger partial charge in [0.1, 0.15) is 6.73 Å². The molecule has 12 nitrogen and oxygen atoms in total. The third-order valence-corrected chi connectivity index (χ3v) is 5.81. The van der Waals surface area contributed by atoms with Crippen LogP contribution in [0.1, 0.15) is 55.1 Å². The van der Waals surface area contributed by atoms with Gasteiger partial charge in [-0.25, -0.2) is 9.36 Å². The zero-order chi connectivity index (χ0) is 23.3. The lowest BCUT2D eigenvalue weighted by molar-refractivity contribution is -0.171. The highest BCUT2D eigenvalue weighted by molar-refractivity contribution is 7.46. The van der Waals surface area contributed by atoms with Crippen LogP contribution in [0.4, 0.5) is 4.79 Å². The number of hydrogen-bond donors (Lipinski definition) is 4. The first-order valence-corrected chi connectivity index (χ1v) is 11.6. The second-order valence-corrected chi connectivity index (χ2v) is 8.70. The van der Waals surface area contributed by atoms with Gasteiger partial charge in [0.2, 0.25) is 5.91 Å². The van der Waals surface area contributed by atoms with Crippen LogP contribution in [0.3, 0.4) is 0 Å². The van der Waals surface area contributed by atoms with Crippen LogP contribution in [0.25, 0.3) is 0 Å². The number of hydroxylamine groups is 2. The summed E-state index contributed by atoms with van der Waals surface area (Å²) >= 11 is 0. The van der Waals surface area contributed by atoms with Gasteiger partial charge < -0.3 is 25.3 Å². The topological polar surface area (TPSA) is 172 Å². The van der Waals surface area contributed by atoms with Crippen LogP contribution in [0.15, 0.2) is 24.3 Å². The van der Waals surface area contributed by atoms with E-state index in [-0.39, 0.29) is 37.6 Å². The number of amides is 4. The fourth-order valence-electron chi connectivity index (χ4n) is 3.90. The van der Waals surface area contributed by atoms with Gasteiger partial charge in [-0.05, 0) is 35.8 Å². The summed E-state index contributed by atoms with van der Waals surface area (Å²) in [5.74, 6) is -1.45. The quantitative estimate of drug-likeness (QED) is 0.222. The fraction of sp³-hybridized carbons (Fsp3) is 0.474. The minimum absolute atomic E-state index is 0.0183. The molecule has 174 valence electrons. The molecule has 4 amide bonds. The third kappa shape index (κ3) is 6.36. The average Bonchev–Trinajstić information content (AvgIpc) is 3.15. The summed E-state index contributed by atoms with van der Waals surface area (Å²) in [4.78, 5) is 69.0. The number of rotatable bonds is 10.